The molecule has 10 heteroatoms. The molecule has 1 aromatic carbocycles. The van der Waals surface area contributed by atoms with Crippen LogP contribution in [0.3, 0.4) is 0 Å². The van der Waals surface area contributed by atoms with E-state index in [1.54, 1.807) is 30.1 Å². The zero-order valence-electron chi connectivity index (χ0n) is 12.3. The maximum Gasteiger partial charge on any atom is 0.240 e. The van der Waals surface area contributed by atoms with Crippen molar-refractivity contribution >= 4 is 47.2 Å². The molecular weight excluding hydrogens is 365 g/mol. The van der Waals surface area contributed by atoms with Gasteiger partial charge >= 0.3 is 0 Å². The van der Waals surface area contributed by atoms with Crippen molar-refractivity contribution in [1.82, 2.24) is 15.0 Å². The van der Waals surface area contributed by atoms with Crippen molar-refractivity contribution in [3.8, 4) is 0 Å². The van der Waals surface area contributed by atoms with Crippen LogP contribution in [-0.4, -0.2) is 34.5 Å². The van der Waals surface area contributed by atoms with Crippen LogP contribution in [0.25, 0.3) is 0 Å². The number of anilines is 1. The highest BCUT2D eigenvalue weighted by Crippen LogP contribution is 2.24. The Morgan fingerprint density at radius 1 is 1.39 bits per heavy atom. The van der Waals surface area contributed by atoms with E-state index in [0.29, 0.717) is 34.0 Å². The molecule has 0 atom stereocenters. The van der Waals surface area contributed by atoms with Crippen LogP contribution in [0.5, 0.6) is 0 Å². The van der Waals surface area contributed by atoms with E-state index in [1.807, 2.05) is 0 Å². The van der Waals surface area contributed by atoms with E-state index in [-0.39, 0.29) is 31.4 Å². The van der Waals surface area contributed by atoms with E-state index in [4.69, 9.17) is 33.5 Å². The third kappa shape index (κ3) is 5.96. The van der Waals surface area contributed by atoms with Crippen LogP contribution >= 0.6 is 35.6 Å². The van der Waals surface area contributed by atoms with Gasteiger partial charge in [0.15, 0.2) is 5.82 Å². The van der Waals surface area contributed by atoms with Gasteiger partial charge in [0, 0.05) is 5.69 Å². The maximum absolute atomic E-state index is 12.0. The number of halogens is 3. The van der Waals surface area contributed by atoms with Crippen molar-refractivity contribution < 1.29 is 9.32 Å². The average Bonchev–Trinajstić information content (AvgIpc) is 2.90. The van der Waals surface area contributed by atoms with Gasteiger partial charge in [0.2, 0.25) is 11.8 Å². The smallest absolute Gasteiger partial charge is 0.240 e. The predicted octanol–water partition coefficient (Wildman–Crippen LogP) is 2.33. The monoisotopic (exact) mass is 379 g/mol. The summed E-state index contributed by atoms with van der Waals surface area (Å²) < 4.78 is 4.90. The number of nitrogens with zero attached hydrogens (tertiary/aromatic N) is 3. The van der Waals surface area contributed by atoms with Gasteiger partial charge < -0.3 is 15.6 Å². The van der Waals surface area contributed by atoms with E-state index < -0.39 is 0 Å². The molecule has 0 aliphatic heterocycles. The van der Waals surface area contributed by atoms with Crippen molar-refractivity contribution in [2.24, 2.45) is 5.73 Å². The van der Waals surface area contributed by atoms with Crippen molar-refractivity contribution in [3.05, 3.63) is 40.0 Å². The van der Waals surface area contributed by atoms with Gasteiger partial charge in [0.1, 0.15) is 0 Å². The largest absolute Gasteiger partial charge is 0.338 e. The summed E-state index contributed by atoms with van der Waals surface area (Å²) in [5.74, 6) is 0.650. The third-order valence-electron chi connectivity index (χ3n) is 2.71. The molecule has 1 aromatic heterocycles. The molecule has 0 saturated carbocycles. The standard InChI is InChI=1S/C13H15Cl2N5O2.ClH/c1-20(6-11-18-13(5-16)22-19-11)7-12(21)17-8-2-3-9(14)10(15)4-8;/h2-4H,5-7,16H2,1H3,(H,17,21);1H. The minimum Gasteiger partial charge on any atom is -0.338 e. The number of hydrogen-bond donors (Lipinski definition) is 2. The van der Waals surface area contributed by atoms with E-state index >= 15 is 0 Å². The predicted molar refractivity (Wildman–Crippen MR) is 90.9 cm³/mol. The van der Waals surface area contributed by atoms with Crippen LogP contribution < -0.4 is 11.1 Å². The lowest BCUT2D eigenvalue weighted by Gasteiger charge is -2.14. The Hall–Kier alpha value is -1.38. The first-order valence-electron chi connectivity index (χ1n) is 6.43. The number of rotatable bonds is 6. The minimum atomic E-state index is -0.191. The Labute approximate surface area is 149 Å². The topological polar surface area (TPSA) is 97.3 Å². The summed E-state index contributed by atoms with van der Waals surface area (Å²) in [6.45, 7) is 0.722. The summed E-state index contributed by atoms with van der Waals surface area (Å²) in [7, 11) is 1.77. The Kier molecular flexibility index (Phi) is 7.74. The zero-order chi connectivity index (χ0) is 16.1. The minimum absolute atomic E-state index is 0. The number of hydrogen-bond acceptors (Lipinski definition) is 6. The molecule has 0 radical (unpaired) electrons. The fourth-order valence-electron chi connectivity index (χ4n) is 1.75. The molecule has 1 heterocycles. The van der Waals surface area contributed by atoms with Gasteiger partial charge in [0.05, 0.1) is 29.7 Å². The molecule has 126 valence electrons. The van der Waals surface area contributed by atoms with E-state index in [0.717, 1.165) is 0 Å². The number of benzene rings is 1. The normalized spacial score (nSPS) is 10.5. The van der Waals surface area contributed by atoms with Crippen molar-refractivity contribution in [2.75, 3.05) is 18.9 Å². The van der Waals surface area contributed by atoms with Gasteiger partial charge in [-0.15, -0.1) is 12.4 Å². The van der Waals surface area contributed by atoms with Crippen LogP contribution in [0.1, 0.15) is 11.7 Å². The molecule has 0 fully saturated rings. The van der Waals surface area contributed by atoms with Gasteiger partial charge in [0.25, 0.3) is 0 Å². The number of carbonyl (C=O) groups excluding carboxylic acids is 1. The van der Waals surface area contributed by atoms with Gasteiger partial charge in [-0.05, 0) is 25.2 Å². The second-order valence-electron chi connectivity index (χ2n) is 4.66. The summed E-state index contributed by atoms with van der Waals surface area (Å²) in [5.41, 5.74) is 5.97. The molecule has 0 bridgehead atoms. The summed E-state index contributed by atoms with van der Waals surface area (Å²) >= 11 is 11.7. The summed E-state index contributed by atoms with van der Waals surface area (Å²) in [6, 6.07) is 4.89. The first-order chi connectivity index (χ1) is 10.5. The molecule has 0 spiro atoms. The maximum atomic E-state index is 12.0. The Balaban J connectivity index is 0.00000264. The van der Waals surface area contributed by atoms with E-state index in [2.05, 4.69) is 15.5 Å². The summed E-state index contributed by atoms with van der Waals surface area (Å²) in [6.07, 6.45) is 0. The van der Waals surface area contributed by atoms with E-state index in [1.165, 1.54) is 0 Å². The highest BCUT2D eigenvalue weighted by atomic mass is 35.5. The van der Waals surface area contributed by atoms with E-state index in [9.17, 15) is 4.79 Å². The van der Waals surface area contributed by atoms with Crippen molar-refractivity contribution in [2.45, 2.75) is 13.1 Å². The molecule has 0 aliphatic rings. The number of nitrogens with two attached hydrogens (primary N) is 1. The van der Waals surface area contributed by atoms with Gasteiger partial charge in [-0.2, -0.15) is 4.98 Å². The van der Waals surface area contributed by atoms with Crippen LogP contribution in [0, 0.1) is 0 Å². The molecule has 3 N–H and O–H groups in total. The number of carbonyl (C=O) groups is 1. The molecular formula is C13H16Cl3N5O2. The van der Waals surface area contributed by atoms with Crippen LogP contribution in [0.15, 0.2) is 22.7 Å². The van der Waals surface area contributed by atoms with Crippen LogP contribution in [0.2, 0.25) is 10.0 Å². The average molecular weight is 381 g/mol. The molecule has 0 unspecified atom stereocenters. The first-order valence-corrected chi connectivity index (χ1v) is 7.18. The van der Waals surface area contributed by atoms with Crippen molar-refractivity contribution in [3.63, 3.8) is 0 Å². The van der Waals surface area contributed by atoms with Gasteiger partial charge in [-0.1, -0.05) is 28.4 Å². The number of nitrogens with one attached hydrogen (secondary N) is 1. The Morgan fingerprint density at radius 3 is 2.74 bits per heavy atom. The first kappa shape index (κ1) is 19.7. The number of likely N-dealkylation sites (N-methyl/N-ethyl adjacent to an activating group) is 1. The quantitative estimate of drug-likeness (QED) is 0.798. The lowest BCUT2D eigenvalue weighted by atomic mass is 10.3. The molecule has 2 rings (SSSR count). The lowest BCUT2D eigenvalue weighted by Crippen LogP contribution is -2.30. The molecule has 7 nitrogen and oxygen atoms in total. The van der Waals surface area contributed by atoms with Crippen LogP contribution in [-0.2, 0) is 17.9 Å². The fourth-order valence-corrected chi connectivity index (χ4v) is 2.05. The number of aromatic nitrogens is 2. The second kappa shape index (κ2) is 9.05. The molecule has 0 aliphatic carbocycles. The summed E-state index contributed by atoms with van der Waals surface area (Å²) in [5, 5.41) is 7.32. The highest BCUT2D eigenvalue weighted by Gasteiger charge is 2.12. The van der Waals surface area contributed by atoms with Crippen molar-refractivity contribution in [1.29, 1.82) is 0 Å². The molecule has 2 aromatic rings. The second-order valence-corrected chi connectivity index (χ2v) is 5.47. The highest BCUT2D eigenvalue weighted by molar-refractivity contribution is 6.42. The van der Waals surface area contributed by atoms with Gasteiger partial charge in [-0.3, -0.25) is 9.69 Å². The number of amides is 1. The molecule has 0 saturated heterocycles. The third-order valence-corrected chi connectivity index (χ3v) is 3.45. The Bertz CT molecular complexity index is 665. The lowest BCUT2D eigenvalue weighted by molar-refractivity contribution is -0.117. The zero-order valence-corrected chi connectivity index (χ0v) is 14.6. The SMILES string of the molecule is CN(CC(=O)Nc1ccc(Cl)c(Cl)c1)Cc1noc(CN)n1.Cl. The summed E-state index contributed by atoms with van der Waals surface area (Å²) in [4.78, 5) is 17.8. The fraction of sp³-hybridized carbons (Fsp3) is 0.308. The Morgan fingerprint density at radius 2 is 2.13 bits per heavy atom. The van der Waals surface area contributed by atoms with Crippen LogP contribution in [0.4, 0.5) is 5.69 Å². The van der Waals surface area contributed by atoms with Gasteiger partial charge in [-0.25, -0.2) is 0 Å². The molecule has 1 amide bonds. The molecule has 23 heavy (non-hydrogen) atoms.